The number of rotatable bonds is 5. The molecule has 1 saturated carbocycles. The van der Waals surface area contributed by atoms with Crippen molar-refractivity contribution in [3.63, 3.8) is 0 Å². The number of aromatic nitrogens is 1. The van der Waals surface area contributed by atoms with Crippen LogP contribution in [-0.4, -0.2) is 34.8 Å². The molecular weight excluding hydrogens is 342 g/mol. The molecule has 1 N–H and O–H groups in total. The van der Waals surface area contributed by atoms with Crippen LogP contribution >= 0.6 is 0 Å². The lowest BCUT2D eigenvalue weighted by atomic mass is 10.1. The third-order valence-electron chi connectivity index (χ3n) is 5.39. The third-order valence-corrected chi connectivity index (χ3v) is 5.39. The van der Waals surface area contributed by atoms with Crippen molar-refractivity contribution in [3.8, 4) is 5.88 Å². The van der Waals surface area contributed by atoms with Crippen LogP contribution in [0.25, 0.3) is 0 Å². The summed E-state index contributed by atoms with van der Waals surface area (Å²) in [5, 5.41) is 2.88. The number of methoxy groups -OCH3 is 1. The number of hydrogen-bond donors (Lipinski definition) is 1. The van der Waals surface area contributed by atoms with Gasteiger partial charge in [0.05, 0.1) is 24.9 Å². The molecule has 1 aliphatic heterocycles. The standard InChI is InChI=1S/C21H23N3O3/c1-27-20-15(12-22-19(25)14-7-3-2-4-8-14)11-17-18(23-20)13-24(21(17)26)16-9-5-6-10-16/h2-4,7-8,11,16H,5-6,9-10,12-13H2,1H3,(H,22,25). The van der Waals surface area contributed by atoms with Crippen molar-refractivity contribution in [2.75, 3.05) is 7.11 Å². The minimum atomic E-state index is -0.169. The highest BCUT2D eigenvalue weighted by molar-refractivity contribution is 5.98. The fraction of sp³-hybridized carbons (Fsp3) is 0.381. The summed E-state index contributed by atoms with van der Waals surface area (Å²) in [6, 6.07) is 11.2. The van der Waals surface area contributed by atoms with Crippen molar-refractivity contribution in [3.05, 3.63) is 58.8 Å². The molecule has 6 nitrogen and oxygen atoms in total. The summed E-state index contributed by atoms with van der Waals surface area (Å²) in [4.78, 5) is 31.6. The summed E-state index contributed by atoms with van der Waals surface area (Å²) in [7, 11) is 1.56. The smallest absolute Gasteiger partial charge is 0.256 e. The van der Waals surface area contributed by atoms with Crippen molar-refractivity contribution < 1.29 is 14.3 Å². The molecule has 2 aromatic rings. The number of carbonyl (C=O) groups excluding carboxylic acids is 2. The first-order valence-electron chi connectivity index (χ1n) is 9.38. The lowest BCUT2D eigenvalue weighted by Gasteiger charge is -2.22. The van der Waals surface area contributed by atoms with Gasteiger partial charge in [-0.05, 0) is 31.0 Å². The van der Waals surface area contributed by atoms with E-state index in [2.05, 4.69) is 10.3 Å². The number of carbonyl (C=O) groups is 2. The summed E-state index contributed by atoms with van der Waals surface area (Å²) in [6.07, 6.45) is 4.49. The molecule has 6 heteroatoms. The molecule has 0 saturated heterocycles. The number of hydrogen-bond acceptors (Lipinski definition) is 4. The van der Waals surface area contributed by atoms with Gasteiger partial charge in [0.2, 0.25) is 5.88 Å². The Labute approximate surface area is 158 Å². The van der Waals surface area contributed by atoms with Crippen molar-refractivity contribution in [1.29, 1.82) is 0 Å². The van der Waals surface area contributed by atoms with E-state index < -0.39 is 0 Å². The van der Waals surface area contributed by atoms with Crippen LogP contribution in [0.2, 0.25) is 0 Å². The maximum atomic E-state index is 12.9. The molecule has 1 aromatic carbocycles. The normalized spacial score (nSPS) is 16.5. The summed E-state index contributed by atoms with van der Waals surface area (Å²) in [5.74, 6) is 0.336. The van der Waals surface area contributed by atoms with Crippen LogP contribution in [0.15, 0.2) is 36.4 Å². The number of amides is 2. The molecule has 1 aromatic heterocycles. The van der Waals surface area contributed by atoms with E-state index in [0.29, 0.717) is 35.2 Å². The topological polar surface area (TPSA) is 71.5 Å². The van der Waals surface area contributed by atoms with E-state index in [1.807, 2.05) is 29.2 Å². The molecule has 0 unspecified atom stereocenters. The summed E-state index contributed by atoms with van der Waals surface area (Å²) in [6.45, 7) is 0.805. The van der Waals surface area contributed by atoms with E-state index >= 15 is 0 Å². The SMILES string of the molecule is COc1nc2c(cc1CNC(=O)c1ccccc1)C(=O)N(C1CCCC1)C2. The summed E-state index contributed by atoms with van der Waals surface area (Å²) >= 11 is 0. The Balaban J connectivity index is 1.53. The number of ether oxygens (including phenoxy) is 1. The number of nitrogens with zero attached hydrogens (tertiary/aromatic N) is 2. The van der Waals surface area contributed by atoms with Gasteiger partial charge in [-0.3, -0.25) is 9.59 Å². The fourth-order valence-corrected chi connectivity index (χ4v) is 3.95. The molecule has 4 rings (SSSR count). The Morgan fingerprint density at radius 3 is 2.70 bits per heavy atom. The maximum Gasteiger partial charge on any atom is 0.256 e. The Hall–Kier alpha value is -2.89. The van der Waals surface area contributed by atoms with E-state index in [1.165, 1.54) is 12.8 Å². The van der Waals surface area contributed by atoms with E-state index in [1.54, 1.807) is 19.2 Å². The zero-order valence-electron chi connectivity index (χ0n) is 15.4. The van der Waals surface area contributed by atoms with Gasteiger partial charge in [-0.2, -0.15) is 0 Å². The second-order valence-electron chi connectivity index (χ2n) is 7.07. The molecule has 1 aliphatic carbocycles. The molecule has 0 atom stereocenters. The summed E-state index contributed by atoms with van der Waals surface area (Å²) < 4.78 is 5.41. The minimum Gasteiger partial charge on any atom is -0.481 e. The molecular formula is C21H23N3O3. The predicted molar refractivity (Wildman–Crippen MR) is 101 cm³/mol. The fourth-order valence-electron chi connectivity index (χ4n) is 3.95. The molecule has 1 fully saturated rings. The van der Waals surface area contributed by atoms with Crippen LogP contribution in [0.3, 0.4) is 0 Å². The van der Waals surface area contributed by atoms with Crippen molar-refractivity contribution >= 4 is 11.8 Å². The molecule has 0 radical (unpaired) electrons. The highest BCUT2D eigenvalue weighted by Gasteiger charge is 2.35. The molecule has 27 heavy (non-hydrogen) atoms. The Bertz CT molecular complexity index is 860. The zero-order chi connectivity index (χ0) is 18.8. The monoisotopic (exact) mass is 365 g/mol. The quantitative estimate of drug-likeness (QED) is 0.884. The lowest BCUT2D eigenvalue weighted by molar-refractivity contribution is 0.0706. The van der Waals surface area contributed by atoms with Crippen molar-refractivity contribution in [2.24, 2.45) is 0 Å². The first-order chi connectivity index (χ1) is 13.2. The molecule has 2 heterocycles. The van der Waals surface area contributed by atoms with Gasteiger partial charge in [-0.1, -0.05) is 31.0 Å². The molecule has 2 aliphatic rings. The van der Waals surface area contributed by atoms with Gasteiger partial charge >= 0.3 is 0 Å². The van der Waals surface area contributed by atoms with Crippen LogP contribution in [0.5, 0.6) is 5.88 Å². The van der Waals surface area contributed by atoms with Gasteiger partial charge < -0.3 is 15.0 Å². The average Bonchev–Trinajstić information content (AvgIpc) is 3.34. The van der Waals surface area contributed by atoms with Crippen molar-refractivity contribution in [2.45, 2.75) is 44.8 Å². The number of pyridine rings is 1. The predicted octanol–water partition coefficient (Wildman–Crippen LogP) is 2.92. The van der Waals surface area contributed by atoms with E-state index in [0.717, 1.165) is 18.5 Å². The minimum absolute atomic E-state index is 0.0442. The second-order valence-corrected chi connectivity index (χ2v) is 7.07. The molecule has 0 spiro atoms. The Kier molecular flexibility index (Phi) is 4.79. The zero-order valence-corrected chi connectivity index (χ0v) is 15.4. The van der Waals surface area contributed by atoms with Crippen LogP contribution in [0.4, 0.5) is 0 Å². The average molecular weight is 365 g/mol. The van der Waals surface area contributed by atoms with Crippen LogP contribution in [0, 0.1) is 0 Å². The van der Waals surface area contributed by atoms with Crippen molar-refractivity contribution in [1.82, 2.24) is 15.2 Å². The van der Waals surface area contributed by atoms with E-state index in [9.17, 15) is 9.59 Å². The van der Waals surface area contributed by atoms with Gasteiger partial charge in [-0.25, -0.2) is 4.98 Å². The highest BCUT2D eigenvalue weighted by atomic mass is 16.5. The number of nitrogens with one attached hydrogen (secondary N) is 1. The molecule has 2 amide bonds. The Morgan fingerprint density at radius 2 is 2.00 bits per heavy atom. The number of fused-ring (bicyclic) bond motifs is 1. The van der Waals surface area contributed by atoms with Gasteiger partial charge in [0.15, 0.2) is 0 Å². The van der Waals surface area contributed by atoms with Gasteiger partial charge in [0, 0.05) is 23.7 Å². The van der Waals surface area contributed by atoms with Gasteiger partial charge in [-0.15, -0.1) is 0 Å². The lowest BCUT2D eigenvalue weighted by Crippen LogP contribution is -2.33. The third kappa shape index (κ3) is 3.39. The molecule has 140 valence electrons. The van der Waals surface area contributed by atoms with Crippen LogP contribution in [-0.2, 0) is 13.1 Å². The largest absolute Gasteiger partial charge is 0.481 e. The summed E-state index contributed by atoms with van der Waals surface area (Å²) in [5.41, 5.74) is 2.70. The van der Waals surface area contributed by atoms with Gasteiger partial charge in [0.1, 0.15) is 0 Å². The number of benzene rings is 1. The first kappa shape index (κ1) is 17.5. The van der Waals surface area contributed by atoms with Crippen LogP contribution < -0.4 is 10.1 Å². The maximum absolute atomic E-state index is 12.9. The molecule has 0 bridgehead atoms. The van der Waals surface area contributed by atoms with E-state index in [-0.39, 0.29) is 18.4 Å². The van der Waals surface area contributed by atoms with E-state index in [4.69, 9.17) is 4.74 Å². The Morgan fingerprint density at radius 1 is 1.26 bits per heavy atom. The van der Waals surface area contributed by atoms with Gasteiger partial charge in [0.25, 0.3) is 11.8 Å². The second kappa shape index (κ2) is 7.39. The highest BCUT2D eigenvalue weighted by Crippen LogP contribution is 2.33. The first-order valence-corrected chi connectivity index (χ1v) is 9.38. The van der Waals surface area contributed by atoms with Crippen LogP contribution in [0.1, 0.15) is 57.7 Å².